The third-order valence-electron chi connectivity index (χ3n) is 13.1. The number of amides is 3. The van der Waals surface area contributed by atoms with Gasteiger partial charge in [-0.1, -0.05) is 12.1 Å². The topological polar surface area (TPSA) is 175 Å². The lowest BCUT2D eigenvalue weighted by Gasteiger charge is -2.36. The Balaban J connectivity index is 0.732. The lowest BCUT2D eigenvalue weighted by atomic mass is 9.85. The molecule has 7 heterocycles. The molecule has 2 N–H and O–H groups in total. The minimum atomic E-state index is -2.83. The quantitative estimate of drug-likeness (QED) is 0.127. The van der Waals surface area contributed by atoms with Crippen LogP contribution in [0, 0.1) is 5.92 Å². The number of carbonyl (C=O) groups is 3. The summed E-state index contributed by atoms with van der Waals surface area (Å²) in [6.45, 7) is 5.96. The summed E-state index contributed by atoms with van der Waals surface area (Å²) >= 11 is 0. The number of hydrogen-bond acceptors (Lipinski definition) is 11. The van der Waals surface area contributed by atoms with Gasteiger partial charge in [0.05, 0.1) is 54.5 Å². The summed E-state index contributed by atoms with van der Waals surface area (Å²) in [4.78, 5) is 60.3. The maximum absolute atomic E-state index is 14.6. The third kappa shape index (κ3) is 8.49. The van der Waals surface area contributed by atoms with E-state index in [9.17, 15) is 28.0 Å². The van der Waals surface area contributed by atoms with Gasteiger partial charge in [-0.15, -0.1) is 0 Å². The minimum absolute atomic E-state index is 0.00747. The van der Waals surface area contributed by atoms with E-state index in [0.29, 0.717) is 62.2 Å². The number of benzene rings is 1. The van der Waals surface area contributed by atoms with Gasteiger partial charge < -0.3 is 24.6 Å². The number of imidazole rings is 1. The summed E-state index contributed by atoms with van der Waals surface area (Å²) in [6.07, 6.45) is 8.94. The van der Waals surface area contributed by atoms with Crippen molar-refractivity contribution in [2.75, 3.05) is 62.8 Å². The number of fused-ring (bicyclic) bond motifs is 2. The molecule has 1 aromatic carbocycles. The van der Waals surface area contributed by atoms with Gasteiger partial charge in [-0.3, -0.25) is 33.5 Å². The molecular formula is C43H53F2N11O6. The molecule has 4 aromatic heterocycles. The highest BCUT2D eigenvalue weighted by molar-refractivity contribution is 6.08. The molecule has 1 unspecified atom stereocenters. The van der Waals surface area contributed by atoms with Gasteiger partial charge in [-0.2, -0.15) is 10.2 Å². The van der Waals surface area contributed by atoms with Gasteiger partial charge in [0.25, 0.3) is 12.3 Å². The summed E-state index contributed by atoms with van der Waals surface area (Å²) in [6, 6.07) is 6.70. The highest BCUT2D eigenvalue weighted by atomic mass is 19.3. The SMILES string of the molecule is Cn1c(=O)n(C2CCC(=O)NC2=O)c2cccc(CCCOC3CCN(CC4CCC(n5ncc(NC(=O)c6cnn7ccc(N8CCOCC8)nc67)c5C(F)F)CC4)CC3)c21. The standard InChI is InChI=1S/C43H53F2N11O6/c1-51-37-28(4-2-6-33(37)55(43(51)60)34-11-12-36(57)50-42(34)59)5-3-21-62-30-13-16-52(17-14-30)26-27-7-9-29(10-8-27)56-38(39(44)45)32(25-47-56)48-41(58)31-24-46-54-18-15-35(49-40(31)54)53-19-22-61-23-20-53/h2,4,6,15,18,24-25,27,29-30,34,39H,3,5,7-14,16-17,19-23,26H2,1H3,(H,48,58)(H,50,57,59). The van der Waals surface area contributed by atoms with Crippen LogP contribution in [0.15, 0.2) is 47.7 Å². The van der Waals surface area contributed by atoms with Crippen LogP contribution >= 0.6 is 0 Å². The van der Waals surface area contributed by atoms with Gasteiger partial charge in [0.15, 0.2) is 5.65 Å². The van der Waals surface area contributed by atoms with E-state index in [1.54, 1.807) is 17.8 Å². The summed E-state index contributed by atoms with van der Waals surface area (Å²) in [5, 5.41) is 13.7. The number of carbonyl (C=O) groups excluding carboxylic acids is 3. The number of rotatable bonds is 13. The molecule has 9 rings (SSSR count). The van der Waals surface area contributed by atoms with Crippen molar-refractivity contribution in [2.24, 2.45) is 13.0 Å². The van der Waals surface area contributed by atoms with Gasteiger partial charge in [0.2, 0.25) is 11.8 Å². The number of anilines is 2. The van der Waals surface area contributed by atoms with Crippen molar-refractivity contribution < 1.29 is 32.6 Å². The average molecular weight is 858 g/mol. The number of para-hydroxylation sites is 1. The van der Waals surface area contributed by atoms with Crippen LogP contribution < -0.4 is 21.2 Å². The van der Waals surface area contributed by atoms with Crippen LogP contribution in [0.1, 0.15) is 97.9 Å². The summed E-state index contributed by atoms with van der Waals surface area (Å²) in [5.41, 5.74) is 2.47. The molecule has 1 aliphatic carbocycles. The third-order valence-corrected chi connectivity index (χ3v) is 13.1. The van der Waals surface area contributed by atoms with Gasteiger partial charge in [-0.05, 0) is 81.4 Å². The Morgan fingerprint density at radius 3 is 2.53 bits per heavy atom. The van der Waals surface area contributed by atoms with Crippen molar-refractivity contribution in [1.29, 1.82) is 0 Å². The Morgan fingerprint density at radius 2 is 1.77 bits per heavy atom. The Kier molecular flexibility index (Phi) is 12.2. The van der Waals surface area contributed by atoms with E-state index < -0.39 is 24.3 Å². The predicted molar refractivity (Wildman–Crippen MR) is 224 cm³/mol. The average Bonchev–Trinajstić information content (AvgIpc) is 3.98. The minimum Gasteiger partial charge on any atom is -0.378 e. The number of aryl methyl sites for hydroxylation is 2. The number of halogens is 2. The zero-order valence-corrected chi connectivity index (χ0v) is 34.9. The highest BCUT2D eigenvalue weighted by Crippen LogP contribution is 2.38. The monoisotopic (exact) mass is 857 g/mol. The first-order valence-corrected chi connectivity index (χ1v) is 21.8. The summed E-state index contributed by atoms with van der Waals surface area (Å²) < 4.78 is 47.1. The van der Waals surface area contributed by atoms with Crippen LogP contribution in [0.3, 0.4) is 0 Å². The number of aromatic nitrogens is 7. The Hall–Kier alpha value is -5.53. The van der Waals surface area contributed by atoms with Crippen molar-refractivity contribution in [1.82, 2.24) is 43.7 Å². The number of nitrogens with zero attached hydrogens (tertiary/aromatic N) is 9. The molecule has 0 radical (unpaired) electrons. The van der Waals surface area contributed by atoms with Crippen molar-refractivity contribution in [3.8, 4) is 0 Å². The maximum Gasteiger partial charge on any atom is 0.329 e. The van der Waals surface area contributed by atoms with Crippen LogP contribution in [0.2, 0.25) is 0 Å². The second-order valence-corrected chi connectivity index (χ2v) is 17.0. The lowest BCUT2D eigenvalue weighted by molar-refractivity contribution is -0.135. The first-order valence-electron chi connectivity index (χ1n) is 21.8. The van der Waals surface area contributed by atoms with Crippen LogP contribution in [0.4, 0.5) is 20.3 Å². The number of morpholine rings is 1. The second-order valence-electron chi connectivity index (χ2n) is 17.0. The van der Waals surface area contributed by atoms with Crippen LogP contribution in [0.25, 0.3) is 16.7 Å². The molecule has 62 heavy (non-hydrogen) atoms. The molecule has 1 atom stereocenters. The number of nitrogens with one attached hydrogen (secondary N) is 2. The zero-order valence-electron chi connectivity index (χ0n) is 34.9. The Bertz CT molecular complexity index is 2490. The molecule has 1 saturated carbocycles. The number of piperidine rings is 2. The van der Waals surface area contributed by atoms with Gasteiger partial charge in [0.1, 0.15) is 23.1 Å². The molecule has 3 aliphatic heterocycles. The fourth-order valence-corrected chi connectivity index (χ4v) is 9.81. The Morgan fingerprint density at radius 1 is 0.984 bits per heavy atom. The summed E-state index contributed by atoms with van der Waals surface area (Å²) in [5.74, 6) is -0.179. The van der Waals surface area contributed by atoms with E-state index in [2.05, 4.69) is 35.6 Å². The molecule has 3 amide bonds. The van der Waals surface area contributed by atoms with Crippen molar-refractivity contribution in [3.63, 3.8) is 0 Å². The van der Waals surface area contributed by atoms with E-state index in [4.69, 9.17) is 9.47 Å². The smallest absolute Gasteiger partial charge is 0.329 e. The normalized spacial score (nSPS) is 21.9. The fraction of sp³-hybridized carbons (Fsp3) is 0.558. The van der Waals surface area contributed by atoms with Crippen molar-refractivity contribution >= 4 is 45.9 Å². The molecule has 19 heteroatoms. The number of imide groups is 1. The van der Waals surface area contributed by atoms with Crippen LogP contribution in [0.5, 0.6) is 0 Å². The van der Waals surface area contributed by atoms with Crippen LogP contribution in [-0.4, -0.2) is 115 Å². The molecule has 4 fully saturated rings. The predicted octanol–water partition coefficient (Wildman–Crippen LogP) is 4.43. The molecule has 0 spiro atoms. The first kappa shape index (κ1) is 41.8. The zero-order chi connectivity index (χ0) is 42.9. The Labute approximate surface area is 356 Å². The van der Waals surface area contributed by atoms with Crippen molar-refractivity contribution in [2.45, 2.75) is 88.8 Å². The number of ether oxygens (including phenoxy) is 2. The molecule has 0 bridgehead atoms. The number of alkyl halides is 2. The van der Waals surface area contributed by atoms with Gasteiger partial charge in [-0.25, -0.2) is 23.1 Å². The van der Waals surface area contributed by atoms with E-state index in [-0.39, 0.29) is 47.1 Å². The molecule has 3 saturated heterocycles. The lowest BCUT2D eigenvalue weighted by Crippen LogP contribution is -2.44. The number of hydrogen-bond donors (Lipinski definition) is 2. The summed E-state index contributed by atoms with van der Waals surface area (Å²) in [7, 11) is 1.72. The van der Waals surface area contributed by atoms with Crippen LogP contribution in [-0.2, 0) is 32.5 Å². The van der Waals surface area contributed by atoms with Gasteiger partial charge >= 0.3 is 5.69 Å². The molecule has 330 valence electrons. The molecule has 4 aliphatic rings. The number of likely N-dealkylation sites (tertiary alicyclic amines) is 1. The first-order chi connectivity index (χ1) is 30.1. The van der Waals surface area contributed by atoms with E-state index in [1.807, 2.05) is 24.3 Å². The maximum atomic E-state index is 14.6. The fourth-order valence-electron chi connectivity index (χ4n) is 9.81. The second kappa shape index (κ2) is 18.1. The molecular weight excluding hydrogens is 805 g/mol. The molecule has 17 nitrogen and oxygen atoms in total. The van der Waals surface area contributed by atoms with Crippen molar-refractivity contribution in [3.05, 3.63) is 70.2 Å². The van der Waals surface area contributed by atoms with E-state index >= 15 is 0 Å². The van der Waals surface area contributed by atoms with Gasteiger partial charge in [0, 0.05) is 59.0 Å². The molecule has 5 aromatic rings. The largest absolute Gasteiger partial charge is 0.378 e. The van der Waals surface area contributed by atoms with E-state index in [0.717, 1.165) is 82.1 Å². The highest BCUT2D eigenvalue weighted by Gasteiger charge is 2.33. The van der Waals surface area contributed by atoms with E-state index in [1.165, 1.54) is 26.2 Å².